The van der Waals surface area contributed by atoms with E-state index in [0.717, 1.165) is 19.8 Å². The van der Waals surface area contributed by atoms with Crippen molar-refractivity contribution >= 4 is 0 Å². The number of piperidine rings is 1. The quantitative estimate of drug-likeness (QED) is 0.662. The fourth-order valence-corrected chi connectivity index (χ4v) is 1.72. The highest BCUT2D eigenvalue weighted by Crippen LogP contribution is 2.13. The Balaban J connectivity index is 2.32. The zero-order valence-corrected chi connectivity index (χ0v) is 8.71. The van der Waals surface area contributed by atoms with Gasteiger partial charge in [0.15, 0.2) is 6.29 Å². The van der Waals surface area contributed by atoms with E-state index < -0.39 is 0 Å². The number of hydrogen-bond acceptors (Lipinski definition) is 3. The van der Waals surface area contributed by atoms with Gasteiger partial charge in [0.25, 0.3) is 0 Å². The zero-order valence-electron chi connectivity index (χ0n) is 8.71. The van der Waals surface area contributed by atoms with Crippen LogP contribution in [0.1, 0.15) is 33.1 Å². The molecule has 78 valence electrons. The van der Waals surface area contributed by atoms with E-state index in [1.54, 1.807) is 0 Å². The largest absolute Gasteiger partial charge is 0.351 e. The second kappa shape index (κ2) is 6.35. The van der Waals surface area contributed by atoms with Gasteiger partial charge in [0.1, 0.15) is 0 Å². The van der Waals surface area contributed by atoms with E-state index in [2.05, 4.69) is 5.32 Å². The summed E-state index contributed by atoms with van der Waals surface area (Å²) in [5, 5.41) is 3.44. The van der Waals surface area contributed by atoms with Gasteiger partial charge >= 0.3 is 0 Å². The van der Waals surface area contributed by atoms with E-state index in [4.69, 9.17) is 9.47 Å². The van der Waals surface area contributed by atoms with Gasteiger partial charge in [0, 0.05) is 13.2 Å². The van der Waals surface area contributed by atoms with E-state index in [-0.39, 0.29) is 6.29 Å². The third kappa shape index (κ3) is 3.63. The topological polar surface area (TPSA) is 30.5 Å². The first-order valence-corrected chi connectivity index (χ1v) is 5.35. The van der Waals surface area contributed by atoms with Gasteiger partial charge in [-0.05, 0) is 33.2 Å². The monoisotopic (exact) mass is 187 g/mol. The fourth-order valence-electron chi connectivity index (χ4n) is 1.72. The van der Waals surface area contributed by atoms with Crippen molar-refractivity contribution < 1.29 is 9.47 Å². The summed E-state index contributed by atoms with van der Waals surface area (Å²) in [6, 6.07) is 0.397. The Labute approximate surface area is 80.8 Å². The van der Waals surface area contributed by atoms with E-state index in [1.807, 2.05) is 13.8 Å². The minimum atomic E-state index is -0.0460. The van der Waals surface area contributed by atoms with Crippen molar-refractivity contribution in [3.8, 4) is 0 Å². The van der Waals surface area contributed by atoms with Gasteiger partial charge in [0.05, 0.1) is 6.04 Å². The fraction of sp³-hybridized carbons (Fsp3) is 1.00. The average molecular weight is 187 g/mol. The summed E-state index contributed by atoms with van der Waals surface area (Å²) < 4.78 is 11.1. The number of hydrogen-bond donors (Lipinski definition) is 1. The smallest absolute Gasteiger partial charge is 0.172 e. The van der Waals surface area contributed by atoms with Crippen LogP contribution in [0.15, 0.2) is 0 Å². The summed E-state index contributed by atoms with van der Waals surface area (Å²) >= 11 is 0. The summed E-state index contributed by atoms with van der Waals surface area (Å²) in [5.41, 5.74) is 0. The maximum Gasteiger partial charge on any atom is 0.172 e. The predicted octanol–water partition coefficient (Wildman–Crippen LogP) is 1.53. The van der Waals surface area contributed by atoms with E-state index in [1.165, 1.54) is 19.3 Å². The molecule has 1 heterocycles. The number of ether oxygens (including phenoxy) is 2. The van der Waals surface area contributed by atoms with Gasteiger partial charge in [0.2, 0.25) is 0 Å². The lowest BCUT2D eigenvalue weighted by molar-refractivity contribution is -0.157. The maximum absolute atomic E-state index is 5.54. The molecular weight excluding hydrogens is 166 g/mol. The van der Waals surface area contributed by atoms with Crippen LogP contribution in [-0.2, 0) is 9.47 Å². The van der Waals surface area contributed by atoms with Crippen LogP contribution in [0.5, 0.6) is 0 Å². The summed E-state index contributed by atoms with van der Waals surface area (Å²) in [6.07, 6.45) is 3.69. The third-order valence-electron chi connectivity index (χ3n) is 2.34. The average Bonchev–Trinajstić information content (AvgIpc) is 2.19. The molecule has 0 radical (unpaired) electrons. The molecule has 0 aromatic heterocycles. The van der Waals surface area contributed by atoms with E-state index >= 15 is 0 Å². The summed E-state index contributed by atoms with van der Waals surface area (Å²) in [7, 11) is 0. The molecule has 1 aliphatic heterocycles. The van der Waals surface area contributed by atoms with E-state index in [0.29, 0.717) is 6.04 Å². The van der Waals surface area contributed by atoms with Crippen LogP contribution in [0.4, 0.5) is 0 Å². The Morgan fingerprint density at radius 3 is 2.38 bits per heavy atom. The normalized spacial score (nSPS) is 23.8. The molecule has 0 bridgehead atoms. The minimum absolute atomic E-state index is 0.0460. The Morgan fingerprint density at radius 1 is 1.23 bits per heavy atom. The van der Waals surface area contributed by atoms with Crippen molar-refractivity contribution in [3.05, 3.63) is 0 Å². The van der Waals surface area contributed by atoms with Gasteiger partial charge in [-0.2, -0.15) is 0 Å². The van der Waals surface area contributed by atoms with Gasteiger partial charge in [-0.3, -0.25) is 0 Å². The summed E-state index contributed by atoms with van der Waals surface area (Å²) in [6.45, 7) is 6.57. The zero-order chi connectivity index (χ0) is 9.52. The van der Waals surface area contributed by atoms with Crippen LogP contribution in [-0.4, -0.2) is 32.1 Å². The lowest BCUT2D eigenvalue weighted by atomic mass is 10.0. The molecule has 1 fully saturated rings. The molecule has 1 atom stereocenters. The molecule has 1 aliphatic rings. The minimum Gasteiger partial charge on any atom is -0.351 e. The molecule has 1 rings (SSSR count). The number of rotatable bonds is 5. The molecule has 3 heteroatoms. The van der Waals surface area contributed by atoms with Crippen LogP contribution >= 0.6 is 0 Å². The van der Waals surface area contributed by atoms with Gasteiger partial charge in [-0.1, -0.05) is 6.42 Å². The molecular formula is C10H21NO2. The molecule has 0 saturated carbocycles. The van der Waals surface area contributed by atoms with Crippen LogP contribution in [0.2, 0.25) is 0 Å². The van der Waals surface area contributed by atoms with Gasteiger partial charge < -0.3 is 14.8 Å². The summed E-state index contributed by atoms with van der Waals surface area (Å²) in [5.74, 6) is 0. The van der Waals surface area contributed by atoms with Crippen molar-refractivity contribution in [3.63, 3.8) is 0 Å². The highest BCUT2D eigenvalue weighted by molar-refractivity contribution is 4.75. The standard InChI is InChI=1S/C10H21NO2/c1-3-12-10(13-4-2)9-7-5-6-8-11-9/h9-11H,3-8H2,1-2H3. The summed E-state index contributed by atoms with van der Waals surface area (Å²) in [4.78, 5) is 0. The van der Waals surface area contributed by atoms with Gasteiger partial charge in [-0.15, -0.1) is 0 Å². The molecule has 13 heavy (non-hydrogen) atoms. The van der Waals surface area contributed by atoms with Crippen molar-refractivity contribution in [2.75, 3.05) is 19.8 Å². The second-order valence-electron chi connectivity index (χ2n) is 3.34. The lowest BCUT2D eigenvalue weighted by Gasteiger charge is -2.30. The highest BCUT2D eigenvalue weighted by Gasteiger charge is 2.23. The Kier molecular flexibility index (Phi) is 5.35. The first kappa shape index (κ1) is 11.0. The Bertz CT molecular complexity index is 118. The molecule has 0 aromatic rings. The SMILES string of the molecule is CCOC(OCC)C1CCCCN1. The Morgan fingerprint density at radius 2 is 1.92 bits per heavy atom. The third-order valence-corrected chi connectivity index (χ3v) is 2.34. The van der Waals surface area contributed by atoms with Crippen LogP contribution in [0.3, 0.4) is 0 Å². The lowest BCUT2D eigenvalue weighted by Crippen LogP contribution is -2.45. The first-order chi connectivity index (χ1) is 6.38. The molecule has 3 nitrogen and oxygen atoms in total. The Hall–Kier alpha value is -0.120. The molecule has 0 aromatic carbocycles. The molecule has 0 aliphatic carbocycles. The van der Waals surface area contributed by atoms with E-state index in [9.17, 15) is 0 Å². The van der Waals surface area contributed by atoms with Crippen LogP contribution in [0, 0.1) is 0 Å². The van der Waals surface area contributed by atoms with Crippen molar-refractivity contribution in [2.45, 2.75) is 45.4 Å². The molecule has 0 spiro atoms. The van der Waals surface area contributed by atoms with Crippen molar-refractivity contribution in [2.24, 2.45) is 0 Å². The van der Waals surface area contributed by atoms with Crippen molar-refractivity contribution in [1.29, 1.82) is 0 Å². The first-order valence-electron chi connectivity index (χ1n) is 5.35. The number of nitrogens with one attached hydrogen (secondary N) is 1. The second-order valence-corrected chi connectivity index (χ2v) is 3.34. The van der Waals surface area contributed by atoms with Gasteiger partial charge in [-0.25, -0.2) is 0 Å². The predicted molar refractivity (Wildman–Crippen MR) is 52.7 cm³/mol. The molecule has 1 saturated heterocycles. The van der Waals surface area contributed by atoms with Crippen molar-refractivity contribution in [1.82, 2.24) is 5.32 Å². The van der Waals surface area contributed by atoms with Crippen LogP contribution < -0.4 is 5.32 Å². The molecule has 0 amide bonds. The highest BCUT2D eigenvalue weighted by atomic mass is 16.7. The molecule has 1 N–H and O–H groups in total. The van der Waals surface area contributed by atoms with Crippen LogP contribution in [0.25, 0.3) is 0 Å². The maximum atomic E-state index is 5.54. The molecule has 1 unspecified atom stereocenters.